The van der Waals surface area contributed by atoms with E-state index in [0.717, 1.165) is 32.5 Å². The Hall–Kier alpha value is -2.25. The van der Waals surface area contributed by atoms with Gasteiger partial charge in [-0.2, -0.15) is 4.73 Å². The fourth-order valence-corrected chi connectivity index (χ4v) is 3.94. The van der Waals surface area contributed by atoms with Crippen LogP contribution in [0.15, 0.2) is 53.0 Å². The number of rotatable bonds is 4. The minimum absolute atomic E-state index is 0.269. The Morgan fingerprint density at radius 2 is 2.13 bits per heavy atom. The van der Waals surface area contributed by atoms with Crippen molar-refractivity contribution in [2.24, 2.45) is 0 Å². The molecule has 1 aliphatic rings. The number of aromatic nitrogens is 2. The van der Waals surface area contributed by atoms with Gasteiger partial charge in [0.15, 0.2) is 17.7 Å². The van der Waals surface area contributed by atoms with Gasteiger partial charge >= 0.3 is 0 Å². The van der Waals surface area contributed by atoms with Crippen LogP contribution in [0.2, 0.25) is 0 Å². The summed E-state index contributed by atoms with van der Waals surface area (Å²) in [6, 6.07) is 11.2. The van der Waals surface area contributed by atoms with E-state index in [1.807, 2.05) is 35.7 Å². The SMILES string of the molecule is [O-][n+]1ccccc1SCc1csc(-c2ccc3c(c2)OCO3)n1. The third-order valence-electron chi connectivity index (χ3n) is 3.33. The lowest BCUT2D eigenvalue weighted by Crippen LogP contribution is -2.27. The average molecular weight is 344 g/mol. The van der Waals surface area contributed by atoms with Crippen LogP contribution in [0.25, 0.3) is 10.6 Å². The number of benzene rings is 1. The number of pyridine rings is 1. The van der Waals surface area contributed by atoms with Gasteiger partial charge in [-0.1, -0.05) is 0 Å². The lowest BCUT2D eigenvalue weighted by molar-refractivity contribution is -0.645. The zero-order valence-electron chi connectivity index (χ0n) is 12.0. The minimum Gasteiger partial charge on any atom is -0.618 e. The summed E-state index contributed by atoms with van der Waals surface area (Å²) in [7, 11) is 0. The third kappa shape index (κ3) is 2.97. The van der Waals surface area contributed by atoms with Crippen LogP contribution in [-0.2, 0) is 5.75 Å². The molecule has 0 N–H and O–H groups in total. The second-order valence-electron chi connectivity index (χ2n) is 4.87. The Morgan fingerprint density at radius 1 is 1.22 bits per heavy atom. The molecule has 0 fully saturated rings. The molecule has 0 aliphatic carbocycles. The van der Waals surface area contributed by atoms with E-state index in [2.05, 4.69) is 4.98 Å². The monoisotopic (exact) mass is 344 g/mol. The van der Waals surface area contributed by atoms with E-state index in [-0.39, 0.29) is 6.79 Å². The molecule has 1 aromatic carbocycles. The molecule has 23 heavy (non-hydrogen) atoms. The molecule has 3 heterocycles. The van der Waals surface area contributed by atoms with Gasteiger partial charge < -0.3 is 14.7 Å². The van der Waals surface area contributed by atoms with E-state index < -0.39 is 0 Å². The van der Waals surface area contributed by atoms with Crippen molar-refractivity contribution in [3.05, 3.63) is 58.9 Å². The number of nitrogens with zero attached hydrogens (tertiary/aromatic N) is 2. The largest absolute Gasteiger partial charge is 0.618 e. The van der Waals surface area contributed by atoms with Crippen molar-refractivity contribution in [1.82, 2.24) is 4.98 Å². The van der Waals surface area contributed by atoms with E-state index in [9.17, 15) is 5.21 Å². The molecule has 7 heteroatoms. The molecule has 0 spiro atoms. The van der Waals surface area contributed by atoms with Gasteiger partial charge in [0.05, 0.1) is 5.69 Å². The number of hydrogen-bond acceptors (Lipinski definition) is 6. The van der Waals surface area contributed by atoms with Crippen LogP contribution < -0.4 is 14.2 Å². The summed E-state index contributed by atoms with van der Waals surface area (Å²) in [6.45, 7) is 0.269. The molecule has 116 valence electrons. The summed E-state index contributed by atoms with van der Waals surface area (Å²) in [6.07, 6.45) is 1.50. The maximum absolute atomic E-state index is 11.6. The highest BCUT2D eigenvalue weighted by atomic mass is 32.2. The summed E-state index contributed by atoms with van der Waals surface area (Å²) < 4.78 is 11.6. The normalized spacial score (nSPS) is 12.5. The van der Waals surface area contributed by atoms with Gasteiger partial charge in [-0.25, -0.2) is 4.98 Å². The molecular weight excluding hydrogens is 332 g/mol. The Kier molecular flexibility index (Phi) is 3.80. The second-order valence-corrected chi connectivity index (χ2v) is 6.72. The van der Waals surface area contributed by atoms with Crippen molar-refractivity contribution in [1.29, 1.82) is 0 Å². The van der Waals surface area contributed by atoms with Crippen LogP contribution in [0, 0.1) is 5.21 Å². The van der Waals surface area contributed by atoms with Crippen LogP contribution in [0.4, 0.5) is 0 Å². The molecule has 0 atom stereocenters. The summed E-state index contributed by atoms with van der Waals surface area (Å²) in [4.78, 5) is 4.64. The molecule has 0 saturated heterocycles. The first-order chi connectivity index (χ1) is 11.3. The van der Waals surface area contributed by atoms with Gasteiger partial charge in [0.1, 0.15) is 5.01 Å². The highest BCUT2D eigenvalue weighted by Crippen LogP contribution is 2.37. The second kappa shape index (κ2) is 6.10. The van der Waals surface area contributed by atoms with Gasteiger partial charge in [0.25, 0.3) is 5.03 Å². The molecule has 3 aromatic rings. The Morgan fingerprint density at radius 3 is 3.04 bits per heavy atom. The average Bonchev–Trinajstić information content (AvgIpc) is 3.22. The van der Waals surface area contributed by atoms with E-state index >= 15 is 0 Å². The van der Waals surface area contributed by atoms with Gasteiger partial charge in [0, 0.05) is 28.8 Å². The highest BCUT2D eigenvalue weighted by Gasteiger charge is 2.15. The van der Waals surface area contributed by atoms with Crippen LogP contribution in [0.1, 0.15) is 5.69 Å². The Bertz CT molecular complexity index is 851. The lowest BCUT2D eigenvalue weighted by Gasteiger charge is -2.01. The number of hydrogen-bond donors (Lipinski definition) is 0. The summed E-state index contributed by atoms with van der Waals surface area (Å²) in [5.41, 5.74) is 1.96. The number of fused-ring (bicyclic) bond motifs is 1. The van der Waals surface area contributed by atoms with Crippen LogP contribution >= 0.6 is 23.1 Å². The van der Waals surface area contributed by atoms with Gasteiger partial charge in [0.2, 0.25) is 6.79 Å². The molecule has 4 rings (SSSR count). The summed E-state index contributed by atoms with van der Waals surface area (Å²) >= 11 is 3.06. The van der Waals surface area contributed by atoms with E-state index in [0.29, 0.717) is 10.8 Å². The van der Waals surface area contributed by atoms with Crippen molar-refractivity contribution in [3.63, 3.8) is 0 Å². The molecule has 0 bridgehead atoms. The maximum atomic E-state index is 11.6. The predicted molar refractivity (Wildman–Crippen MR) is 88.6 cm³/mol. The quantitative estimate of drug-likeness (QED) is 0.412. The minimum atomic E-state index is 0.269. The van der Waals surface area contributed by atoms with Gasteiger partial charge in [-0.15, -0.1) is 11.3 Å². The number of thiazole rings is 1. The zero-order valence-corrected chi connectivity index (χ0v) is 13.6. The van der Waals surface area contributed by atoms with Crippen LogP contribution in [0.5, 0.6) is 11.5 Å². The molecule has 1 aliphatic heterocycles. The maximum Gasteiger partial charge on any atom is 0.251 e. The van der Waals surface area contributed by atoms with Gasteiger partial charge in [-0.05, 0) is 36.0 Å². The molecule has 0 saturated carbocycles. The highest BCUT2D eigenvalue weighted by molar-refractivity contribution is 7.98. The topological polar surface area (TPSA) is 58.3 Å². The zero-order chi connectivity index (χ0) is 15.6. The first kappa shape index (κ1) is 14.3. The van der Waals surface area contributed by atoms with Crippen LogP contribution in [0.3, 0.4) is 0 Å². The first-order valence-electron chi connectivity index (χ1n) is 6.95. The van der Waals surface area contributed by atoms with Crippen molar-refractivity contribution in [2.75, 3.05) is 6.79 Å². The number of thioether (sulfide) groups is 1. The smallest absolute Gasteiger partial charge is 0.251 e. The first-order valence-corrected chi connectivity index (χ1v) is 8.81. The van der Waals surface area contributed by atoms with E-state index in [4.69, 9.17) is 9.47 Å². The van der Waals surface area contributed by atoms with E-state index in [1.165, 1.54) is 18.0 Å². The predicted octanol–water partition coefficient (Wildman–Crippen LogP) is 3.46. The lowest BCUT2D eigenvalue weighted by atomic mass is 10.2. The van der Waals surface area contributed by atoms with Crippen LogP contribution in [-0.4, -0.2) is 11.8 Å². The molecule has 0 radical (unpaired) electrons. The Labute approximate surface area is 141 Å². The molecule has 5 nitrogen and oxygen atoms in total. The van der Waals surface area contributed by atoms with Crippen molar-refractivity contribution >= 4 is 23.1 Å². The standard InChI is InChI=1S/C16H12N2O3S2/c19-18-6-2-1-3-15(18)22-8-12-9-23-16(17-12)11-4-5-13-14(7-11)21-10-20-13/h1-7,9H,8,10H2. The summed E-state index contributed by atoms with van der Waals surface area (Å²) in [5.74, 6) is 2.18. The molecule has 2 aromatic heterocycles. The molecular formula is C16H12N2O3S2. The molecule has 0 amide bonds. The number of ether oxygens (including phenoxy) is 2. The van der Waals surface area contributed by atoms with Gasteiger partial charge in [-0.3, -0.25) is 0 Å². The fraction of sp³-hybridized carbons (Fsp3) is 0.125. The Balaban J connectivity index is 1.50. The van der Waals surface area contributed by atoms with Crippen molar-refractivity contribution in [2.45, 2.75) is 10.8 Å². The van der Waals surface area contributed by atoms with Crippen molar-refractivity contribution in [3.8, 4) is 22.1 Å². The fourth-order valence-electron chi connectivity index (χ4n) is 2.21. The van der Waals surface area contributed by atoms with Crippen molar-refractivity contribution < 1.29 is 14.2 Å². The molecule has 0 unspecified atom stereocenters. The summed E-state index contributed by atoms with van der Waals surface area (Å²) in [5, 5.41) is 15.3. The third-order valence-corrected chi connectivity index (χ3v) is 5.32. The van der Waals surface area contributed by atoms with E-state index in [1.54, 1.807) is 17.4 Å².